The first kappa shape index (κ1) is 20.6. The van der Waals surface area contributed by atoms with Crippen molar-refractivity contribution in [1.82, 2.24) is 15.5 Å². The van der Waals surface area contributed by atoms with Gasteiger partial charge in [0.2, 0.25) is 11.8 Å². The number of nitrogens with one attached hydrogen (secondary N) is 2. The van der Waals surface area contributed by atoms with Gasteiger partial charge in [0.05, 0.1) is 25.0 Å². The lowest BCUT2D eigenvalue weighted by Gasteiger charge is -2.34. The van der Waals surface area contributed by atoms with Crippen LogP contribution < -0.4 is 15.5 Å². The van der Waals surface area contributed by atoms with Gasteiger partial charge in [-0.1, -0.05) is 12.1 Å². The minimum atomic E-state index is -0.153. The van der Waals surface area contributed by atoms with E-state index in [-0.39, 0.29) is 23.7 Å². The second-order valence-electron chi connectivity index (χ2n) is 7.83. The van der Waals surface area contributed by atoms with Crippen LogP contribution >= 0.6 is 0 Å². The van der Waals surface area contributed by atoms with Gasteiger partial charge in [-0.3, -0.25) is 9.59 Å². The fourth-order valence-electron chi connectivity index (χ4n) is 3.81. The predicted octanol–water partition coefficient (Wildman–Crippen LogP) is 0.496. The topological polar surface area (TPSA) is 73.9 Å². The molecule has 2 N–H and O–H groups in total. The second kappa shape index (κ2) is 9.89. The van der Waals surface area contributed by atoms with E-state index >= 15 is 0 Å². The number of nitrogens with zero attached hydrogens (tertiary/aromatic N) is 2. The highest BCUT2D eigenvalue weighted by Crippen LogP contribution is 2.20. The number of piperidine rings is 1. The molecule has 2 fully saturated rings. The third-order valence-corrected chi connectivity index (χ3v) is 5.56. The van der Waals surface area contributed by atoms with Crippen molar-refractivity contribution in [3.63, 3.8) is 0 Å². The molecule has 2 atom stereocenters. The van der Waals surface area contributed by atoms with Crippen molar-refractivity contribution in [2.45, 2.75) is 12.8 Å². The minimum Gasteiger partial charge on any atom is -0.378 e. The Morgan fingerprint density at radius 2 is 1.82 bits per heavy atom. The molecule has 0 radical (unpaired) electrons. The van der Waals surface area contributed by atoms with Crippen LogP contribution in [-0.4, -0.2) is 76.7 Å². The van der Waals surface area contributed by atoms with E-state index in [2.05, 4.69) is 39.8 Å². The van der Waals surface area contributed by atoms with E-state index in [1.54, 1.807) is 0 Å². The summed E-state index contributed by atoms with van der Waals surface area (Å²) in [4.78, 5) is 29.2. The number of rotatable bonds is 6. The molecule has 0 unspecified atom stereocenters. The maximum atomic E-state index is 12.7. The van der Waals surface area contributed by atoms with Gasteiger partial charge in [-0.05, 0) is 30.5 Å². The van der Waals surface area contributed by atoms with Gasteiger partial charge in [0.1, 0.15) is 0 Å². The molecule has 154 valence electrons. The van der Waals surface area contributed by atoms with E-state index < -0.39 is 0 Å². The summed E-state index contributed by atoms with van der Waals surface area (Å²) in [5.74, 6) is -0.0905. The number of hydrogen-bond donors (Lipinski definition) is 2. The molecule has 3 rings (SSSR count). The van der Waals surface area contributed by atoms with Gasteiger partial charge in [-0.25, -0.2) is 0 Å². The third kappa shape index (κ3) is 5.45. The molecule has 2 aliphatic rings. The van der Waals surface area contributed by atoms with Gasteiger partial charge in [0.15, 0.2) is 0 Å². The summed E-state index contributed by atoms with van der Waals surface area (Å²) in [5.41, 5.74) is 2.37. The van der Waals surface area contributed by atoms with Gasteiger partial charge in [0, 0.05) is 52.5 Å². The summed E-state index contributed by atoms with van der Waals surface area (Å²) < 4.78 is 5.32. The number of ether oxygens (including phenoxy) is 1. The molecular weight excluding hydrogens is 356 g/mol. The zero-order valence-corrected chi connectivity index (χ0v) is 16.9. The number of carbonyl (C=O) groups is 2. The first-order valence-corrected chi connectivity index (χ1v) is 10.2. The molecule has 0 bridgehead atoms. The number of hydrogen-bond acceptors (Lipinski definition) is 5. The highest BCUT2D eigenvalue weighted by Gasteiger charge is 2.33. The molecule has 0 aliphatic carbocycles. The van der Waals surface area contributed by atoms with Crippen LogP contribution in [0.2, 0.25) is 0 Å². The average Bonchev–Trinajstić information content (AvgIpc) is 2.74. The van der Waals surface area contributed by atoms with E-state index in [9.17, 15) is 9.59 Å². The minimum absolute atomic E-state index is 0.0388. The van der Waals surface area contributed by atoms with Crippen molar-refractivity contribution >= 4 is 17.5 Å². The van der Waals surface area contributed by atoms with Crippen molar-refractivity contribution in [1.29, 1.82) is 0 Å². The highest BCUT2D eigenvalue weighted by molar-refractivity contribution is 5.83. The summed E-state index contributed by atoms with van der Waals surface area (Å²) in [6, 6.07) is 8.37. The van der Waals surface area contributed by atoms with Crippen LogP contribution in [0.15, 0.2) is 24.3 Å². The Kier molecular flexibility index (Phi) is 7.28. The molecule has 7 heteroatoms. The Balaban J connectivity index is 1.44. The first-order valence-electron chi connectivity index (χ1n) is 10.2. The average molecular weight is 389 g/mol. The van der Waals surface area contributed by atoms with Crippen molar-refractivity contribution in [3.05, 3.63) is 29.8 Å². The molecule has 7 nitrogen and oxygen atoms in total. The molecule has 2 heterocycles. The molecule has 1 aromatic rings. The van der Waals surface area contributed by atoms with Gasteiger partial charge in [-0.2, -0.15) is 0 Å². The Morgan fingerprint density at radius 1 is 1.14 bits per heavy atom. The number of benzene rings is 1. The number of morpholine rings is 1. The Bertz CT molecular complexity index is 656. The fraction of sp³-hybridized carbons (Fsp3) is 0.619. The quantitative estimate of drug-likeness (QED) is 0.742. The number of amides is 2. The SMILES string of the molecule is CN(C)c1ccc(CCNC(=O)[C@@H]2CNC[C@H](C(=O)N3CCOCC3)C2)cc1. The lowest BCUT2D eigenvalue weighted by molar-refractivity contribution is -0.141. The lowest BCUT2D eigenvalue weighted by Crippen LogP contribution is -2.51. The van der Waals surface area contributed by atoms with E-state index in [0.717, 1.165) is 12.1 Å². The van der Waals surface area contributed by atoms with Crippen molar-refractivity contribution < 1.29 is 14.3 Å². The summed E-state index contributed by atoms with van der Waals surface area (Å²) >= 11 is 0. The van der Waals surface area contributed by atoms with Crippen LogP contribution in [0, 0.1) is 11.8 Å². The number of anilines is 1. The zero-order valence-electron chi connectivity index (χ0n) is 16.9. The standard InChI is InChI=1S/C21H32N4O3/c1-24(2)19-5-3-16(4-6-19)7-8-23-20(26)17-13-18(15-22-14-17)21(27)25-9-11-28-12-10-25/h3-6,17-18,22H,7-15H2,1-2H3,(H,23,26)/t17-,18+/m0/s1. The van der Waals surface area contributed by atoms with E-state index in [0.29, 0.717) is 52.4 Å². The predicted molar refractivity (Wildman–Crippen MR) is 109 cm³/mol. The highest BCUT2D eigenvalue weighted by atomic mass is 16.5. The van der Waals surface area contributed by atoms with Gasteiger partial charge < -0.3 is 25.2 Å². The Hall–Kier alpha value is -2.12. The molecule has 0 saturated carbocycles. The second-order valence-corrected chi connectivity index (χ2v) is 7.83. The van der Waals surface area contributed by atoms with Crippen LogP contribution in [0.1, 0.15) is 12.0 Å². The maximum Gasteiger partial charge on any atom is 0.227 e. The van der Waals surface area contributed by atoms with Crippen LogP contribution in [0.25, 0.3) is 0 Å². The molecule has 0 spiro atoms. The molecule has 28 heavy (non-hydrogen) atoms. The third-order valence-electron chi connectivity index (χ3n) is 5.56. The normalized spacial score (nSPS) is 22.6. The molecule has 2 amide bonds. The van der Waals surface area contributed by atoms with Crippen molar-refractivity contribution in [2.24, 2.45) is 11.8 Å². The van der Waals surface area contributed by atoms with E-state index in [4.69, 9.17) is 4.74 Å². The van der Waals surface area contributed by atoms with Gasteiger partial charge >= 0.3 is 0 Å². The van der Waals surface area contributed by atoms with Crippen LogP contribution in [0.5, 0.6) is 0 Å². The fourth-order valence-corrected chi connectivity index (χ4v) is 3.81. The van der Waals surface area contributed by atoms with Gasteiger partial charge in [-0.15, -0.1) is 0 Å². The van der Waals surface area contributed by atoms with E-state index in [1.165, 1.54) is 5.56 Å². The smallest absolute Gasteiger partial charge is 0.227 e. The molecule has 1 aromatic carbocycles. The van der Waals surface area contributed by atoms with Crippen molar-refractivity contribution in [3.8, 4) is 0 Å². The first-order chi connectivity index (χ1) is 13.5. The lowest BCUT2D eigenvalue weighted by atomic mass is 9.88. The van der Waals surface area contributed by atoms with Crippen LogP contribution in [-0.2, 0) is 20.7 Å². The molecule has 0 aromatic heterocycles. The Labute approximate surface area is 167 Å². The molecular formula is C21H32N4O3. The summed E-state index contributed by atoms with van der Waals surface area (Å²) in [6.45, 7) is 4.40. The molecule has 2 saturated heterocycles. The zero-order chi connectivity index (χ0) is 19.9. The Morgan fingerprint density at radius 3 is 2.50 bits per heavy atom. The maximum absolute atomic E-state index is 12.7. The summed E-state index contributed by atoms with van der Waals surface area (Å²) in [6.07, 6.45) is 1.42. The summed E-state index contributed by atoms with van der Waals surface area (Å²) in [5, 5.41) is 6.31. The molecule has 2 aliphatic heterocycles. The van der Waals surface area contributed by atoms with Crippen LogP contribution in [0.4, 0.5) is 5.69 Å². The number of carbonyl (C=O) groups excluding carboxylic acids is 2. The monoisotopic (exact) mass is 388 g/mol. The van der Waals surface area contributed by atoms with Crippen LogP contribution in [0.3, 0.4) is 0 Å². The van der Waals surface area contributed by atoms with E-state index in [1.807, 2.05) is 19.0 Å². The van der Waals surface area contributed by atoms with Gasteiger partial charge in [0.25, 0.3) is 0 Å². The largest absolute Gasteiger partial charge is 0.378 e. The summed E-state index contributed by atoms with van der Waals surface area (Å²) in [7, 11) is 4.04. The van der Waals surface area contributed by atoms with Crippen molar-refractivity contribution in [2.75, 3.05) is 64.9 Å².